The first-order valence-corrected chi connectivity index (χ1v) is 7.91. The molecule has 0 saturated carbocycles. The predicted molar refractivity (Wildman–Crippen MR) is 78.1 cm³/mol. The summed E-state index contributed by atoms with van der Waals surface area (Å²) in [7, 11) is 0. The first kappa shape index (κ1) is 14.5. The highest BCUT2D eigenvalue weighted by Crippen LogP contribution is 2.19. The second-order valence-corrected chi connectivity index (χ2v) is 5.75. The molecule has 0 saturated heterocycles. The van der Waals surface area contributed by atoms with Crippen LogP contribution in [0.1, 0.15) is 70.6 Å². The van der Waals surface area contributed by atoms with Crippen LogP contribution in [0.15, 0.2) is 0 Å². The van der Waals surface area contributed by atoms with Gasteiger partial charge in [0.15, 0.2) is 0 Å². The lowest BCUT2D eigenvalue weighted by Crippen LogP contribution is -2.27. The first-order chi connectivity index (χ1) is 9.26. The summed E-state index contributed by atoms with van der Waals surface area (Å²) in [5.74, 6) is 3.08. The third-order valence-corrected chi connectivity index (χ3v) is 4.39. The summed E-state index contributed by atoms with van der Waals surface area (Å²) in [4.78, 5) is 0. The molecule has 1 aliphatic rings. The Morgan fingerprint density at radius 3 is 2.68 bits per heavy atom. The number of hydrogen-bond donors (Lipinski definition) is 1. The highest BCUT2D eigenvalue weighted by atomic mass is 15.3. The maximum Gasteiger partial charge on any atom is 0.149 e. The number of aromatic nitrogens is 3. The second-order valence-electron chi connectivity index (χ2n) is 5.75. The molecule has 0 bridgehead atoms. The lowest BCUT2D eigenvalue weighted by molar-refractivity contribution is 0.407. The van der Waals surface area contributed by atoms with E-state index in [-0.39, 0.29) is 0 Å². The van der Waals surface area contributed by atoms with Crippen LogP contribution in [-0.4, -0.2) is 21.3 Å². The van der Waals surface area contributed by atoms with Gasteiger partial charge >= 0.3 is 0 Å². The third-order valence-electron chi connectivity index (χ3n) is 4.39. The largest absolute Gasteiger partial charge is 0.314 e. The van der Waals surface area contributed by atoms with E-state index in [0.717, 1.165) is 31.3 Å². The van der Waals surface area contributed by atoms with Crippen molar-refractivity contribution in [2.75, 3.05) is 6.54 Å². The van der Waals surface area contributed by atoms with Gasteiger partial charge in [0.25, 0.3) is 0 Å². The summed E-state index contributed by atoms with van der Waals surface area (Å²) < 4.78 is 2.34. The molecular weight excluding hydrogens is 236 g/mol. The molecule has 4 nitrogen and oxygen atoms in total. The Bertz CT molecular complexity index is 381. The van der Waals surface area contributed by atoms with Gasteiger partial charge < -0.3 is 9.88 Å². The van der Waals surface area contributed by atoms with Crippen LogP contribution in [0.4, 0.5) is 0 Å². The summed E-state index contributed by atoms with van der Waals surface area (Å²) in [5.41, 5.74) is 0. The molecule has 19 heavy (non-hydrogen) atoms. The molecule has 0 spiro atoms. The Kier molecular flexibility index (Phi) is 5.37. The molecule has 2 rings (SSSR count). The number of nitrogens with zero attached hydrogens (tertiary/aromatic N) is 3. The Morgan fingerprint density at radius 2 is 1.95 bits per heavy atom. The van der Waals surface area contributed by atoms with E-state index >= 15 is 0 Å². The van der Waals surface area contributed by atoms with E-state index in [0.29, 0.717) is 6.04 Å². The summed E-state index contributed by atoms with van der Waals surface area (Å²) in [6, 6.07) is 0.306. The van der Waals surface area contributed by atoms with E-state index in [4.69, 9.17) is 0 Å². The average molecular weight is 264 g/mol. The van der Waals surface area contributed by atoms with E-state index in [1.165, 1.54) is 37.9 Å². The minimum absolute atomic E-state index is 0.306. The smallest absolute Gasteiger partial charge is 0.149 e. The minimum atomic E-state index is 0.306. The van der Waals surface area contributed by atoms with Crippen LogP contribution in [-0.2, 0) is 13.0 Å². The monoisotopic (exact) mass is 264 g/mol. The van der Waals surface area contributed by atoms with Crippen molar-refractivity contribution in [3.05, 3.63) is 11.6 Å². The second kappa shape index (κ2) is 7.04. The van der Waals surface area contributed by atoms with E-state index < -0.39 is 0 Å². The molecule has 0 fully saturated rings. The van der Waals surface area contributed by atoms with Gasteiger partial charge in [0.05, 0.1) is 6.04 Å². The van der Waals surface area contributed by atoms with Crippen LogP contribution in [0, 0.1) is 5.92 Å². The lowest BCUT2D eigenvalue weighted by atomic mass is 10.0. The zero-order chi connectivity index (χ0) is 13.7. The summed E-state index contributed by atoms with van der Waals surface area (Å²) in [6.45, 7) is 8.92. The fourth-order valence-electron chi connectivity index (χ4n) is 2.84. The highest BCUT2D eigenvalue weighted by Gasteiger charge is 2.19. The SMILES string of the molecule is CCC(CC)CNC(C)c1nnc2n1CCCCC2. The van der Waals surface area contributed by atoms with E-state index in [2.05, 4.69) is 40.9 Å². The average Bonchev–Trinajstić information content (AvgIpc) is 2.69. The number of fused-ring (bicyclic) bond motifs is 1. The standard InChI is InChI=1S/C15H28N4/c1-4-13(5-2)11-16-12(3)15-18-17-14-9-7-6-8-10-19(14)15/h12-13,16H,4-11H2,1-3H3. The van der Waals surface area contributed by atoms with Gasteiger partial charge in [-0.1, -0.05) is 33.1 Å². The van der Waals surface area contributed by atoms with E-state index in [9.17, 15) is 0 Å². The van der Waals surface area contributed by atoms with Crippen molar-refractivity contribution in [1.29, 1.82) is 0 Å². The molecule has 1 aliphatic heterocycles. The third kappa shape index (κ3) is 3.56. The Balaban J connectivity index is 1.99. The van der Waals surface area contributed by atoms with Gasteiger partial charge in [-0.3, -0.25) is 0 Å². The van der Waals surface area contributed by atoms with Gasteiger partial charge in [-0.25, -0.2) is 0 Å². The van der Waals surface area contributed by atoms with Crippen molar-refractivity contribution in [2.45, 2.75) is 71.9 Å². The Labute approximate surface area is 117 Å². The number of aryl methyl sites for hydroxylation is 1. The predicted octanol–water partition coefficient (Wildman–Crippen LogP) is 3.09. The van der Waals surface area contributed by atoms with Crippen molar-refractivity contribution in [2.24, 2.45) is 5.92 Å². The zero-order valence-corrected chi connectivity index (χ0v) is 12.7. The molecule has 0 aromatic carbocycles. The molecule has 4 heteroatoms. The van der Waals surface area contributed by atoms with Crippen LogP contribution < -0.4 is 5.32 Å². The fraction of sp³-hybridized carbons (Fsp3) is 0.867. The van der Waals surface area contributed by atoms with Crippen LogP contribution in [0.5, 0.6) is 0 Å². The number of rotatable bonds is 6. The van der Waals surface area contributed by atoms with E-state index in [1.807, 2.05) is 0 Å². The molecule has 0 amide bonds. The number of hydrogen-bond acceptors (Lipinski definition) is 3. The van der Waals surface area contributed by atoms with Gasteiger partial charge in [0.2, 0.25) is 0 Å². The molecule has 1 aromatic heterocycles. The fourth-order valence-corrected chi connectivity index (χ4v) is 2.84. The topological polar surface area (TPSA) is 42.7 Å². The summed E-state index contributed by atoms with van der Waals surface area (Å²) >= 11 is 0. The Morgan fingerprint density at radius 1 is 1.16 bits per heavy atom. The molecule has 0 radical (unpaired) electrons. The molecule has 1 unspecified atom stereocenters. The minimum Gasteiger partial charge on any atom is -0.314 e. The summed E-state index contributed by atoms with van der Waals surface area (Å²) in [5, 5.41) is 12.4. The van der Waals surface area contributed by atoms with Gasteiger partial charge in [0, 0.05) is 13.0 Å². The highest BCUT2D eigenvalue weighted by molar-refractivity contribution is 5.02. The van der Waals surface area contributed by atoms with Crippen molar-refractivity contribution < 1.29 is 0 Å². The molecule has 108 valence electrons. The van der Waals surface area contributed by atoms with Crippen molar-refractivity contribution >= 4 is 0 Å². The van der Waals surface area contributed by atoms with Crippen LogP contribution in [0.2, 0.25) is 0 Å². The molecule has 1 aromatic rings. The van der Waals surface area contributed by atoms with Crippen molar-refractivity contribution in [3.8, 4) is 0 Å². The maximum absolute atomic E-state index is 4.42. The molecule has 1 atom stereocenters. The quantitative estimate of drug-likeness (QED) is 0.858. The van der Waals surface area contributed by atoms with Gasteiger partial charge in [-0.2, -0.15) is 0 Å². The Hall–Kier alpha value is -0.900. The number of nitrogens with one attached hydrogen (secondary N) is 1. The summed E-state index contributed by atoms with van der Waals surface area (Å²) in [6.07, 6.45) is 7.41. The van der Waals surface area contributed by atoms with Gasteiger partial charge in [-0.05, 0) is 32.2 Å². The molecule has 0 aliphatic carbocycles. The maximum atomic E-state index is 4.42. The zero-order valence-electron chi connectivity index (χ0n) is 12.7. The molecular formula is C15H28N4. The van der Waals surface area contributed by atoms with E-state index in [1.54, 1.807) is 0 Å². The molecule has 1 N–H and O–H groups in total. The van der Waals surface area contributed by atoms with Crippen molar-refractivity contribution in [3.63, 3.8) is 0 Å². The van der Waals surface area contributed by atoms with Gasteiger partial charge in [-0.15, -0.1) is 10.2 Å². The van der Waals surface area contributed by atoms with Gasteiger partial charge in [0.1, 0.15) is 11.6 Å². The molecule has 2 heterocycles. The van der Waals surface area contributed by atoms with Crippen molar-refractivity contribution in [1.82, 2.24) is 20.1 Å². The lowest BCUT2D eigenvalue weighted by Gasteiger charge is -2.19. The first-order valence-electron chi connectivity index (χ1n) is 7.91. The van der Waals surface area contributed by atoms with Crippen LogP contribution >= 0.6 is 0 Å². The normalized spacial score (nSPS) is 17.3. The van der Waals surface area contributed by atoms with Crippen LogP contribution in [0.25, 0.3) is 0 Å². The van der Waals surface area contributed by atoms with Crippen LogP contribution in [0.3, 0.4) is 0 Å².